The van der Waals surface area contributed by atoms with E-state index in [1.807, 2.05) is 0 Å². The minimum atomic E-state index is -3.86. The summed E-state index contributed by atoms with van der Waals surface area (Å²) in [6, 6.07) is -0.702. The third kappa shape index (κ3) is 2.74. The lowest BCUT2D eigenvalue weighted by atomic mass is 10.2. The van der Waals surface area contributed by atoms with Gasteiger partial charge in [0, 0.05) is 13.6 Å². The molecule has 20 heavy (non-hydrogen) atoms. The van der Waals surface area contributed by atoms with Crippen LogP contribution in [0.4, 0.5) is 0 Å². The van der Waals surface area contributed by atoms with Crippen LogP contribution in [0.5, 0.6) is 0 Å². The minimum Gasteiger partial charge on any atom is -0.358 e. The number of hydrogen-bond donors (Lipinski definition) is 1. The SMILES string of the molecule is CNC(=O)C1CCCN1S(=O)(=O)c1c(Cl)sc(Cl)c1Br. The molecule has 0 saturated carbocycles. The first-order chi connectivity index (χ1) is 9.30. The Balaban J connectivity index is 2.47. The summed E-state index contributed by atoms with van der Waals surface area (Å²) in [5, 5.41) is 2.48. The summed E-state index contributed by atoms with van der Waals surface area (Å²) in [5.41, 5.74) is 0. The molecule has 1 aliphatic rings. The molecule has 0 aromatic carbocycles. The van der Waals surface area contributed by atoms with Crippen LogP contribution in [-0.2, 0) is 14.8 Å². The number of carbonyl (C=O) groups is 1. The fraction of sp³-hybridized carbons (Fsp3) is 0.500. The van der Waals surface area contributed by atoms with Crippen molar-refractivity contribution in [2.24, 2.45) is 0 Å². The molecule has 1 aromatic heterocycles. The fourth-order valence-electron chi connectivity index (χ4n) is 2.13. The smallest absolute Gasteiger partial charge is 0.247 e. The van der Waals surface area contributed by atoms with E-state index < -0.39 is 16.1 Å². The third-order valence-electron chi connectivity index (χ3n) is 3.05. The van der Waals surface area contributed by atoms with Crippen molar-refractivity contribution in [3.8, 4) is 0 Å². The van der Waals surface area contributed by atoms with Gasteiger partial charge in [0.15, 0.2) is 0 Å². The molecular formula is C10H11BrCl2N2O3S2. The molecule has 5 nitrogen and oxygen atoms in total. The highest BCUT2D eigenvalue weighted by molar-refractivity contribution is 9.10. The molecule has 10 heteroatoms. The molecule has 1 saturated heterocycles. The van der Waals surface area contributed by atoms with Crippen molar-refractivity contribution in [3.63, 3.8) is 0 Å². The van der Waals surface area contributed by atoms with Crippen molar-refractivity contribution in [2.75, 3.05) is 13.6 Å². The summed E-state index contributed by atoms with van der Waals surface area (Å²) in [5.74, 6) is -0.320. The number of nitrogens with zero attached hydrogens (tertiary/aromatic N) is 1. The topological polar surface area (TPSA) is 66.5 Å². The monoisotopic (exact) mass is 420 g/mol. The van der Waals surface area contributed by atoms with E-state index in [9.17, 15) is 13.2 Å². The van der Waals surface area contributed by atoms with Crippen molar-refractivity contribution in [3.05, 3.63) is 13.1 Å². The van der Waals surface area contributed by atoms with Gasteiger partial charge >= 0.3 is 0 Å². The number of likely N-dealkylation sites (N-methyl/N-ethyl adjacent to an activating group) is 1. The van der Waals surface area contributed by atoms with Gasteiger partial charge in [0.05, 0.1) is 4.47 Å². The van der Waals surface area contributed by atoms with Crippen LogP contribution in [-0.4, -0.2) is 38.3 Å². The average molecular weight is 422 g/mol. The summed E-state index contributed by atoms with van der Waals surface area (Å²) in [7, 11) is -2.38. The molecule has 1 unspecified atom stereocenters. The van der Waals surface area contributed by atoms with Crippen LogP contribution in [0, 0.1) is 0 Å². The Labute approximate surface area is 139 Å². The summed E-state index contributed by atoms with van der Waals surface area (Å²) < 4.78 is 27.2. The molecule has 1 atom stereocenters. The van der Waals surface area contributed by atoms with Crippen LogP contribution >= 0.6 is 50.5 Å². The number of carbonyl (C=O) groups excluding carboxylic acids is 1. The van der Waals surface area contributed by atoms with Crippen LogP contribution in [0.1, 0.15) is 12.8 Å². The molecule has 1 aliphatic heterocycles. The van der Waals surface area contributed by atoms with Gasteiger partial charge in [-0.2, -0.15) is 4.31 Å². The molecule has 1 N–H and O–H groups in total. The summed E-state index contributed by atoms with van der Waals surface area (Å²) in [6.45, 7) is 0.288. The number of thiophene rings is 1. The van der Waals surface area contributed by atoms with Crippen molar-refractivity contribution in [1.29, 1.82) is 0 Å². The maximum Gasteiger partial charge on any atom is 0.247 e. The zero-order chi connectivity index (χ0) is 15.1. The van der Waals surface area contributed by atoms with Gasteiger partial charge in [-0.3, -0.25) is 4.79 Å². The molecule has 1 amide bonds. The molecule has 0 aliphatic carbocycles. The molecule has 0 bridgehead atoms. The number of amides is 1. The number of halogens is 3. The lowest BCUT2D eigenvalue weighted by Gasteiger charge is -2.22. The van der Waals surface area contributed by atoms with Crippen LogP contribution in [0.3, 0.4) is 0 Å². The Morgan fingerprint density at radius 3 is 2.60 bits per heavy atom. The Morgan fingerprint density at radius 2 is 2.10 bits per heavy atom. The van der Waals surface area contributed by atoms with Crippen molar-refractivity contribution >= 4 is 66.4 Å². The van der Waals surface area contributed by atoms with Crippen LogP contribution in [0.25, 0.3) is 0 Å². The predicted octanol–water partition coefficient (Wildman–Crippen LogP) is 2.72. The van der Waals surface area contributed by atoms with Gasteiger partial charge in [-0.25, -0.2) is 8.42 Å². The lowest BCUT2D eigenvalue weighted by Crippen LogP contribution is -2.44. The zero-order valence-electron chi connectivity index (χ0n) is 10.3. The standard InChI is InChI=1S/C10H11BrCl2N2O3S2/c1-14-10(16)5-3-2-4-15(5)20(17,18)7-6(11)8(12)19-9(7)13/h5H,2-4H2,1H3,(H,14,16). The van der Waals surface area contributed by atoms with Gasteiger partial charge in [-0.15, -0.1) is 11.3 Å². The van der Waals surface area contributed by atoms with E-state index in [1.54, 1.807) is 0 Å². The van der Waals surface area contributed by atoms with Gasteiger partial charge in [0.25, 0.3) is 0 Å². The Morgan fingerprint density at radius 1 is 1.45 bits per heavy atom. The molecule has 0 radical (unpaired) electrons. The molecule has 1 fully saturated rings. The summed E-state index contributed by atoms with van der Waals surface area (Å²) in [6.07, 6.45) is 1.12. The zero-order valence-corrected chi connectivity index (χ0v) is 15.1. The Kier molecular flexibility index (Phi) is 5.03. The molecule has 1 aromatic rings. The molecule has 2 heterocycles. The van der Waals surface area contributed by atoms with E-state index in [4.69, 9.17) is 23.2 Å². The highest BCUT2D eigenvalue weighted by atomic mass is 79.9. The fourth-order valence-corrected chi connectivity index (χ4v) is 7.27. The van der Waals surface area contributed by atoms with E-state index in [2.05, 4.69) is 21.2 Å². The van der Waals surface area contributed by atoms with E-state index in [-0.39, 0.29) is 30.5 Å². The Hall–Kier alpha value is 0.140. The van der Waals surface area contributed by atoms with Crippen molar-refractivity contribution in [1.82, 2.24) is 9.62 Å². The van der Waals surface area contributed by atoms with Crippen LogP contribution in [0.15, 0.2) is 9.37 Å². The van der Waals surface area contributed by atoms with Gasteiger partial charge in [0.2, 0.25) is 15.9 Å². The quantitative estimate of drug-likeness (QED) is 0.815. The second-order valence-electron chi connectivity index (χ2n) is 4.18. The molecule has 112 valence electrons. The number of hydrogen-bond acceptors (Lipinski definition) is 4. The Bertz CT molecular complexity index is 647. The number of sulfonamides is 1. The van der Waals surface area contributed by atoms with Gasteiger partial charge in [0.1, 0.15) is 19.6 Å². The highest BCUT2D eigenvalue weighted by Crippen LogP contribution is 2.45. The highest BCUT2D eigenvalue weighted by Gasteiger charge is 2.41. The van der Waals surface area contributed by atoms with E-state index in [0.29, 0.717) is 12.8 Å². The maximum atomic E-state index is 12.7. The lowest BCUT2D eigenvalue weighted by molar-refractivity contribution is -0.123. The van der Waals surface area contributed by atoms with Crippen molar-refractivity contribution in [2.45, 2.75) is 23.8 Å². The van der Waals surface area contributed by atoms with E-state index in [1.165, 1.54) is 11.4 Å². The van der Waals surface area contributed by atoms with Gasteiger partial charge in [-0.05, 0) is 28.8 Å². The second-order valence-corrected chi connectivity index (χ2v) is 9.03. The minimum absolute atomic E-state index is 0.0648. The third-order valence-corrected chi connectivity index (χ3v) is 8.42. The van der Waals surface area contributed by atoms with Crippen LogP contribution < -0.4 is 5.32 Å². The predicted molar refractivity (Wildman–Crippen MR) is 83.0 cm³/mol. The summed E-state index contributed by atoms with van der Waals surface area (Å²) >= 11 is 16.0. The molecule has 2 rings (SSSR count). The normalized spacial score (nSPS) is 20.3. The first kappa shape index (κ1) is 16.5. The number of nitrogens with one attached hydrogen (secondary N) is 1. The first-order valence-electron chi connectivity index (χ1n) is 5.67. The van der Waals surface area contributed by atoms with Crippen molar-refractivity contribution < 1.29 is 13.2 Å². The second kappa shape index (κ2) is 6.10. The summed E-state index contributed by atoms with van der Waals surface area (Å²) in [4.78, 5) is 11.7. The van der Waals surface area contributed by atoms with Gasteiger partial charge < -0.3 is 5.32 Å². The van der Waals surface area contributed by atoms with Crippen LogP contribution in [0.2, 0.25) is 8.67 Å². The largest absolute Gasteiger partial charge is 0.358 e. The molecule has 0 spiro atoms. The maximum absolute atomic E-state index is 12.7. The first-order valence-corrected chi connectivity index (χ1v) is 9.48. The molecular weight excluding hydrogens is 411 g/mol. The average Bonchev–Trinajstić information content (AvgIpc) is 2.95. The van der Waals surface area contributed by atoms with E-state index >= 15 is 0 Å². The van der Waals surface area contributed by atoms with E-state index in [0.717, 1.165) is 11.3 Å². The van der Waals surface area contributed by atoms with Gasteiger partial charge in [-0.1, -0.05) is 23.2 Å². The number of rotatable bonds is 3.